The van der Waals surface area contributed by atoms with Crippen LogP contribution in [0.3, 0.4) is 0 Å². The van der Waals surface area contributed by atoms with Gasteiger partial charge in [0.05, 0.1) is 11.4 Å². The third-order valence-electron chi connectivity index (χ3n) is 5.34. The molecule has 1 N–H and O–H groups in total. The van der Waals surface area contributed by atoms with Crippen molar-refractivity contribution in [3.8, 4) is 12.3 Å². The number of rotatable bonds is 5. The zero-order valence-corrected chi connectivity index (χ0v) is 16.6. The summed E-state index contributed by atoms with van der Waals surface area (Å²) in [6.45, 7) is 1.82. The highest BCUT2D eigenvalue weighted by molar-refractivity contribution is 7.89. The van der Waals surface area contributed by atoms with E-state index < -0.39 is 10.0 Å². The Hall–Kier alpha value is -2.37. The van der Waals surface area contributed by atoms with Gasteiger partial charge in [0, 0.05) is 37.7 Å². The van der Waals surface area contributed by atoms with Crippen LogP contribution in [0.15, 0.2) is 29.2 Å². The maximum absolute atomic E-state index is 12.8. The molecule has 0 unspecified atom stereocenters. The Morgan fingerprint density at radius 2 is 1.75 bits per heavy atom. The SMILES string of the molecule is C#CCNS(=O)(=O)c1cccc(C(=O)N2CCN(C(=O)C3CCCC3)CC2)c1. The second-order valence-electron chi connectivity index (χ2n) is 7.16. The molecule has 28 heavy (non-hydrogen) atoms. The molecule has 1 aliphatic heterocycles. The summed E-state index contributed by atoms with van der Waals surface area (Å²) in [6, 6.07) is 5.92. The summed E-state index contributed by atoms with van der Waals surface area (Å²) in [5.74, 6) is 2.33. The molecule has 0 aromatic heterocycles. The minimum atomic E-state index is -3.75. The van der Waals surface area contributed by atoms with Crippen molar-refractivity contribution in [1.29, 1.82) is 0 Å². The van der Waals surface area contributed by atoms with E-state index in [-0.39, 0.29) is 29.2 Å². The predicted molar refractivity (Wildman–Crippen MR) is 105 cm³/mol. The van der Waals surface area contributed by atoms with Gasteiger partial charge in [-0.3, -0.25) is 9.59 Å². The van der Waals surface area contributed by atoms with Crippen LogP contribution in [0.25, 0.3) is 0 Å². The zero-order chi connectivity index (χ0) is 20.1. The molecular formula is C20H25N3O4S. The Morgan fingerprint density at radius 3 is 2.39 bits per heavy atom. The first-order chi connectivity index (χ1) is 13.4. The van der Waals surface area contributed by atoms with Gasteiger partial charge in [-0.2, -0.15) is 4.72 Å². The number of carbonyl (C=O) groups is 2. The number of hydrogen-bond donors (Lipinski definition) is 1. The van der Waals surface area contributed by atoms with Gasteiger partial charge in [0.1, 0.15) is 0 Å². The summed E-state index contributed by atoms with van der Waals surface area (Å²) < 4.78 is 26.7. The summed E-state index contributed by atoms with van der Waals surface area (Å²) in [6.07, 6.45) is 9.26. The van der Waals surface area contributed by atoms with Crippen LogP contribution >= 0.6 is 0 Å². The molecule has 2 amide bonds. The van der Waals surface area contributed by atoms with E-state index in [2.05, 4.69) is 10.6 Å². The van der Waals surface area contributed by atoms with Crippen LogP contribution in [0.2, 0.25) is 0 Å². The van der Waals surface area contributed by atoms with Crippen molar-refractivity contribution in [3.63, 3.8) is 0 Å². The van der Waals surface area contributed by atoms with Crippen molar-refractivity contribution in [2.75, 3.05) is 32.7 Å². The van der Waals surface area contributed by atoms with Crippen LogP contribution in [0.1, 0.15) is 36.0 Å². The van der Waals surface area contributed by atoms with Crippen molar-refractivity contribution in [2.45, 2.75) is 30.6 Å². The number of hydrogen-bond acceptors (Lipinski definition) is 4. The summed E-state index contributed by atoms with van der Waals surface area (Å²) in [5, 5.41) is 0. The van der Waals surface area contributed by atoms with E-state index in [9.17, 15) is 18.0 Å². The van der Waals surface area contributed by atoms with Crippen LogP contribution < -0.4 is 4.72 Å². The first-order valence-corrected chi connectivity index (χ1v) is 11.0. The molecule has 150 valence electrons. The molecule has 1 aromatic carbocycles. The molecule has 2 fully saturated rings. The molecule has 0 atom stereocenters. The fraction of sp³-hybridized carbons (Fsp3) is 0.500. The molecule has 0 spiro atoms. The van der Waals surface area contributed by atoms with Gasteiger partial charge < -0.3 is 9.80 Å². The van der Waals surface area contributed by atoms with Gasteiger partial charge >= 0.3 is 0 Å². The van der Waals surface area contributed by atoms with E-state index >= 15 is 0 Å². The van der Waals surface area contributed by atoms with Crippen LogP contribution in [0.4, 0.5) is 0 Å². The second kappa shape index (κ2) is 8.76. The van der Waals surface area contributed by atoms with Crippen molar-refractivity contribution in [2.24, 2.45) is 5.92 Å². The maximum Gasteiger partial charge on any atom is 0.254 e. The number of nitrogens with zero attached hydrogens (tertiary/aromatic N) is 2. The topological polar surface area (TPSA) is 86.8 Å². The Morgan fingerprint density at radius 1 is 1.11 bits per heavy atom. The Bertz CT molecular complexity index is 877. The highest BCUT2D eigenvalue weighted by atomic mass is 32.2. The third kappa shape index (κ3) is 4.54. The normalized spacial score (nSPS) is 18.1. The highest BCUT2D eigenvalue weighted by Crippen LogP contribution is 2.27. The summed E-state index contributed by atoms with van der Waals surface area (Å²) in [7, 11) is -3.75. The van der Waals surface area contributed by atoms with E-state index in [1.54, 1.807) is 11.0 Å². The standard InChI is InChI=1S/C20H25N3O4S/c1-2-10-21-28(26,27)18-9-5-8-17(15-18)20(25)23-13-11-22(12-14-23)19(24)16-6-3-4-7-16/h1,5,8-9,15-16,21H,3-4,6-7,10-14H2. The van der Waals surface area contributed by atoms with E-state index in [4.69, 9.17) is 6.42 Å². The number of nitrogens with one attached hydrogen (secondary N) is 1. The number of sulfonamides is 1. The third-order valence-corrected chi connectivity index (χ3v) is 6.74. The lowest BCUT2D eigenvalue weighted by molar-refractivity contribution is -0.136. The molecule has 1 saturated heterocycles. The lowest BCUT2D eigenvalue weighted by Crippen LogP contribution is -2.51. The highest BCUT2D eigenvalue weighted by Gasteiger charge is 2.31. The summed E-state index contributed by atoms with van der Waals surface area (Å²) >= 11 is 0. The number of piperazine rings is 1. The van der Waals surface area contributed by atoms with Gasteiger partial charge in [-0.1, -0.05) is 24.8 Å². The number of terminal acetylenes is 1. The summed E-state index contributed by atoms with van der Waals surface area (Å²) in [4.78, 5) is 28.8. The first kappa shape index (κ1) is 20.4. The largest absolute Gasteiger partial charge is 0.339 e. The monoisotopic (exact) mass is 403 g/mol. The molecule has 1 aromatic rings. The molecule has 0 radical (unpaired) electrons. The minimum absolute atomic E-state index is 0.00338. The van der Waals surface area contributed by atoms with Crippen LogP contribution in [-0.2, 0) is 14.8 Å². The molecule has 1 aliphatic carbocycles. The summed E-state index contributed by atoms with van der Waals surface area (Å²) in [5.41, 5.74) is 0.305. The minimum Gasteiger partial charge on any atom is -0.339 e. The number of carbonyl (C=O) groups excluding carboxylic acids is 2. The van der Waals surface area contributed by atoms with Gasteiger partial charge in [0.2, 0.25) is 15.9 Å². The molecule has 7 nitrogen and oxygen atoms in total. The molecular weight excluding hydrogens is 378 g/mol. The first-order valence-electron chi connectivity index (χ1n) is 9.53. The number of benzene rings is 1. The maximum atomic E-state index is 12.8. The van der Waals surface area contributed by atoms with Gasteiger partial charge in [-0.05, 0) is 31.0 Å². The quantitative estimate of drug-likeness (QED) is 0.745. The van der Waals surface area contributed by atoms with Crippen LogP contribution in [-0.4, -0.2) is 62.8 Å². The van der Waals surface area contributed by atoms with Crippen LogP contribution in [0.5, 0.6) is 0 Å². The molecule has 8 heteroatoms. The van der Waals surface area contributed by atoms with Crippen molar-refractivity contribution in [1.82, 2.24) is 14.5 Å². The van der Waals surface area contributed by atoms with Crippen molar-refractivity contribution < 1.29 is 18.0 Å². The predicted octanol–water partition coefficient (Wildman–Crippen LogP) is 1.07. The van der Waals surface area contributed by atoms with Gasteiger partial charge in [0.15, 0.2) is 0 Å². The van der Waals surface area contributed by atoms with Crippen LogP contribution in [0, 0.1) is 18.3 Å². The lowest BCUT2D eigenvalue weighted by atomic mass is 10.1. The van der Waals surface area contributed by atoms with E-state index in [1.165, 1.54) is 18.2 Å². The average molecular weight is 404 g/mol. The van der Waals surface area contributed by atoms with Gasteiger partial charge in [-0.25, -0.2) is 8.42 Å². The Kier molecular flexibility index (Phi) is 6.37. The van der Waals surface area contributed by atoms with Gasteiger partial charge in [0.25, 0.3) is 5.91 Å². The fourth-order valence-electron chi connectivity index (χ4n) is 3.76. The molecule has 3 rings (SSSR count). The Balaban J connectivity index is 1.63. The Labute approximate surface area is 166 Å². The number of amides is 2. The van der Waals surface area contributed by atoms with Crippen molar-refractivity contribution >= 4 is 21.8 Å². The van der Waals surface area contributed by atoms with E-state index in [1.807, 2.05) is 4.90 Å². The smallest absolute Gasteiger partial charge is 0.254 e. The second-order valence-corrected chi connectivity index (χ2v) is 8.92. The zero-order valence-electron chi connectivity index (χ0n) is 15.8. The molecule has 1 saturated carbocycles. The molecule has 1 heterocycles. The van der Waals surface area contributed by atoms with Gasteiger partial charge in [-0.15, -0.1) is 6.42 Å². The van der Waals surface area contributed by atoms with Crippen molar-refractivity contribution in [3.05, 3.63) is 29.8 Å². The lowest BCUT2D eigenvalue weighted by Gasteiger charge is -2.36. The molecule has 2 aliphatic rings. The average Bonchev–Trinajstić information content (AvgIpc) is 3.26. The molecule has 0 bridgehead atoms. The van der Waals surface area contributed by atoms with E-state index in [0.717, 1.165) is 25.7 Å². The fourth-order valence-corrected chi connectivity index (χ4v) is 4.74. The van der Waals surface area contributed by atoms with E-state index in [0.29, 0.717) is 31.7 Å².